The highest BCUT2D eigenvalue weighted by Crippen LogP contribution is 2.39. The van der Waals surface area contributed by atoms with Crippen LogP contribution in [0.5, 0.6) is 0 Å². The van der Waals surface area contributed by atoms with Gasteiger partial charge in [-0.15, -0.1) is 0 Å². The Bertz CT molecular complexity index is 1120. The summed E-state index contributed by atoms with van der Waals surface area (Å²) in [6.07, 6.45) is 14.2. The summed E-state index contributed by atoms with van der Waals surface area (Å²) >= 11 is 0. The highest BCUT2D eigenvalue weighted by atomic mass is 31.2. The van der Waals surface area contributed by atoms with Gasteiger partial charge in [-0.25, -0.2) is 0 Å². The molecule has 0 atom stereocenters. The van der Waals surface area contributed by atoms with Crippen LogP contribution in [0.2, 0.25) is 0 Å². The fourth-order valence-corrected chi connectivity index (χ4v) is 6.13. The minimum Gasteiger partial charge on any atom is -0.347 e. The summed E-state index contributed by atoms with van der Waals surface area (Å²) in [5.41, 5.74) is 9.97. The second-order valence-electron chi connectivity index (χ2n) is 10.3. The lowest BCUT2D eigenvalue weighted by molar-refractivity contribution is 0.497. The molecule has 0 aliphatic heterocycles. The predicted molar refractivity (Wildman–Crippen MR) is 163 cm³/mol. The SMILES string of the molecule is CCCCCCc1cc(-c2cccc(P(O)O)c2-c2ccc(CC)c(CCCCCC)c2)ccc1CC. The van der Waals surface area contributed by atoms with E-state index in [1.165, 1.54) is 79.2 Å². The number of benzene rings is 3. The summed E-state index contributed by atoms with van der Waals surface area (Å²) in [6, 6.07) is 19.6. The van der Waals surface area contributed by atoms with Crippen LogP contribution in [0.25, 0.3) is 22.3 Å². The molecule has 37 heavy (non-hydrogen) atoms. The number of rotatable bonds is 15. The summed E-state index contributed by atoms with van der Waals surface area (Å²) in [6.45, 7) is 8.97. The Balaban J connectivity index is 2.07. The lowest BCUT2D eigenvalue weighted by atomic mass is 9.88. The smallest absolute Gasteiger partial charge is 0.200 e. The Morgan fingerprint density at radius 1 is 0.568 bits per heavy atom. The van der Waals surface area contributed by atoms with Crippen molar-refractivity contribution in [3.8, 4) is 22.3 Å². The molecule has 0 heterocycles. The monoisotopic (exact) mass is 518 g/mol. The fourth-order valence-electron chi connectivity index (χ4n) is 5.47. The number of aryl methyl sites for hydroxylation is 4. The molecule has 3 heteroatoms. The highest BCUT2D eigenvalue weighted by Gasteiger charge is 2.19. The van der Waals surface area contributed by atoms with Crippen LogP contribution in [0.4, 0.5) is 0 Å². The molecule has 0 radical (unpaired) electrons. The van der Waals surface area contributed by atoms with Crippen LogP contribution < -0.4 is 5.30 Å². The van der Waals surface area contributed by atoms with Gasteiger partial charge in [0.15, 0.2) is 8.38 Å². The van der Waals surface area contributed by atoms with Gasteiger partial charge in [0.1, 0.15) is 0 Å². The second-order valence-corrected chi connectivity index (χ2v) is 11.3. The maximum absolute atomic E-state index is 10.4. The van der Waals surface area contributed by atoms with E-state index < -0.39 is 8.38 Å². The van der Waals surface area contributed by atoms with E-state index >= 15 is 0 Å². The van der Waals surface area contributed by atoms with Crippen LogP contribution in [-0.4, -0.2) is 9.79 Å². The van der Waals surface area contributed by atoms with Crippen molar-refractivity contribution < 1.29 is 9.79 Å². The average molecular weight is 519 g/mol. The maximum atomic E-state index is 10.4. The molecule has 0 fully saturated rings. The van der Waals surface area contributed by atoms with Crippen molar-refractivity contribution in [1.29, 1.82) is 0 Å². The largest absolute Gasteiger partial charge is 0.347 e. The quantitative estimate of drug-likeness (QED) is 0.155. The minimum atomic E-state index is -2.21. The van der Waals surface area contributed by atoms with Crippen LogP contribution in [0.1, 0.15) is 101 Å². The van der Waals surface area contributed by atoms with Crippen molar-refractivity contribution in [1.82, 2.24) is 0 Å². The van der Waals surface area contributed by atoms with Crippen molar-refractivity contribution in [2.45, 2.75) is 105 Å². The third kappa shape index (κ3) is 8.00. The van der Waals surface area contributed by atoms with E-state index in [1.807, 2.05) is 12.1 Å². The van der Waals surface area contributed by atoms with Gasteiger partial charge in [0.05, 0.1) is 0 Å². The maximum Gasteiger partial charge on any atom is 0.200 e. The van der Waals surface area contributed by atoms with E-state index in [0.717, 1.165) is 42.4 Å². The van der Waals surface area contributed by atoms with Gasteiger partial charge in [0.25, 0.3) is 0 Å². The summed E-state index contributed by atoms with van der Waals surface area (Å²) in [5.74, 6) is 0. The average Bonchev–Trinajstić information content (AvgIpc) is 2.92. The van der Waals surface area contributed by atoms with Gasteiger partial charge in [-0.05, 0) is 83.5 Å². The fraction of sp³-hybridized carbons (Fsp3) is 0.471. The van der Waals surface area contributed by atoms with Crippen molar-refractivity contribution in [3.05, 3.63) is 76.9 Å². The molecule has 0 amide bonds. The zero-order chi connectivity index (χ0) is 26.6. The van der Waals surface area contributed by atoms with Gasteiger partial charge >= 0.3 is 0 Å². The van der Waals surface area contributed by atoms with Crippen LogP contribution in [0, 0.1) is 0 Å². The second kappa shape index (κ2) is 15.4. The van der Waals surface area contributed by atoms with Gasteiger partial charge < -0.3 is 9.79 Å². The first kappa shape index (κ1) is 29.6. The minimum absolute atomic E-state index is 0.637. The first-order chi connectivity index (χ1) is 18.0. The molecule has 2 nitrogen and oxygen atoms in total. The topological polar surface area (TPSA) is 40.5 Å². The molecule has 0 saturated heterocycles. The summed E-state index contributed by atoms with van der Waals surface area (Å²) in [7, 11) is -2.21. The standard InChI is InChI=1S/C34H47O2P/c1-5-9-11-13-16-28-24-30(22-20-26(28)7-3)32-18-15-19-33(37(35)36)34(32)31-23-21-27(8-4)29(25-31)17-14-12-10-6-2/h15,18-25,35-36H,5-14,16-17H2,1-4H3. The van der Waals surface area contributed by atoms with Crippen molar-refractivity contribution in [2.75, 3.05) is 0 Å². The highest BCUT2D eigenvalue weighted by molar-refractivity contribution is 7.54. The molecule has 0 spiro atoms. The van der Waals surface area contributed by atoms with Gasteiger partial charge in [-0.1, -0.05) is 115 Å². The molecule has 0 aromatic heterocycles. The molecule has 200 valence electrons. The molecule has 3 aromatic rings. The van der Waals surface area contributed by atoms with E-state index in [-0.39, 0.29) is 0 Å². The summed E-state index contributed by atoms with van der Waals surface area (Å²) in [4.78, 5) is 20.9. The van der Waals surface area contributed by atoms with Gasteiger partial charge in [0, 0.05) is 10.9 Å². The zero-order valence-electron chi connectivity index (χ0n) is 23.5. The normalized spacial score (nSPS) is 11.4. The van der Waals surface area contributed by atoms with E-state index in [0.29, 0.717) is 5.30 Å². The first-order valence-corrected chi connectivity index (χ1v) is 15.8. The molecule has 0 unspecified atom stereocenters. The Morgan fingerprint density at radius 2 is 1.11 bits per heavy atom. The van der Waals surface area contributed by atoms with Gasteiger partial charge in [-0.2, -0.15) is 0 Å². The summed E-state index contributed by atoms with van der Waals surface area (Å²) in [5, 5.41) is 0.637. The molecular weight excluding hydrogens is 471 g/mol. The lowest BCUT2D eigenvalue weighted by Crippen LogP contribution is -2.07. The zero-order valence-corrected chi connectivity index (χ0v) is 24.4. The Hall–Kier alpha value is -1.99. The van der Waals surface area contributed by atoms with E-state index in [9.17, 15) is 9.79 Å². The molecule has 3 rings (SSSR count). The summed E-state index contributed by atoms with van der Waals surface area (Å²) < 4.78 is 0. The van der Waals surface area contributed by atoms with Crippen LogP contribution in [0.3, 0.4) is 0 Å². The predicted octanol–water partition coefficient (Wildman–Crippen LogP) is 9.31. The number of hydrogen-bond acceptors (Lipinski definition) is 2. The van der Waals surface area contributed by atoms with E-state index in [1.54, 1.807) is 0 Å². The van der Waals surface area contributed by atoms with Gasteiger partial charge in [-0.3, -0.25) is 0 Å². The molecule has 2 N–H and O–H groups in total. The molecular formula is C34H47O2P. The molecule has 0 bridgehead atoms. The number of hydrogen-bond donors (Lipinski definition) is 2. The van der Waals surface area contributed by atoms with Gasteiger partial charge in [0.2, 0.25) is 0 Å². The Kier molecular flexibility index (Phi) is 12.3. The van der Waals surface area contributed by atoms with E-state index in [4.69, 9.17) is 0 Å². The lowest BCUT2D eigenvalue weighted by Gasteiger charge is -2.19. The van der Waals surface area contributed by atoms with Crippen LogP contribution in [0.15, 0.2) is 54.6 Å². The molecule has 3 aromatic carbocycles. The van der Waals surface area contributed by atoms with Crippen LogP contribution in [-0.2, 0) is 25.7 Å². The number of unbranched alkanes of at least 4 members (excludes halogenated alkanes) is 6. The first-order valence-electron chi connectivity index (χ1n) is 14.6. The molecule has 0 aliphatic carbocycles. The Morgan fingerprint density at radius 3 is 1.62 bits per heavy atom. The van der Waals surface area contributed by atoms with Crippen molar-refractivity contribution in [2.24, 2.45) is 0 Å². The third-order valence-electron chi connectivity index (χ3n) is 7.63. The van der Waals surface area contributed by atoms with Crippen LogP contribution >= 0.6 is 8.38 Å². The van der Waals surface area contributed by atoms with Crippen molar-refractivity contribution in [3.63, 3.8) is 0 Å². The molecule has 0 aliphatic rings. The molecule has 0 saturated carbocycles. The van der Waals surface area contributed by atoms with E-state index in [2.05, 4.69) is 70.2 Å². The third-order valence-corrected chi connectivity index (χ3v) is 8.43. The van der Waals surface area contributed by atoms with Crippen molar-refractivity contribution >= 4 is 13.7 Å². The Labute approximate surface area is 227 Å².